The minimum absolute atomic E-state index is 0.0234. The third kappa shape index (κ3) is 1.93. The van der Waals surface area contributed by atoms with E-state index in [-0.39, 0.29) is 5.75 Å². The van der Waals surface area contributed by atoms with E-state index >= 15 is 0 Å². The van der Waals surface area contributed by atoms with Crippen molar-refractivity contribution in [1.29, 1.82) is 0 Å². The summed E-state index contributed by atoms with van der Waals surface area (Å²) in [6.07, 6.45) is 2.48. The van der Waals surface area contributed by atoms with Crippen molar-refractivity contribution in [2.24, 2.45) is 4.99 Å². The Balaban J connectivity index is 3.23. The van der Waals surface area contributed by atoms with Crippen LogP contribution < -0.4 is 4.74 Å². The van der Waals surface area contributed by atoms with Crippen LogP contribution >= 0.6 is 0 Å². The lowest BCUT2D eigenvalue weighted by Gasteiger charge is -2.07. The minimum atomic E-state index is 0.0234. The van der Waals surface area contributed by atoms with E-state index in [1.807, 2.05) is 0 Å². The number of aliphatic imine (C=N–C) groups is 1. The first kappa shape index (κ1) is 10.3. The summed E-state index contributed by atoms with van der Waals surface area (Å²) < 4.78 is 5.00. The lowest BCUT2D eigenvalue weighted by molar-refractivity contribution is 0.374. The predicted molar refractivity (Wildman–Crippen MR) is 57.8 cm³/mol. The van der Waals surface area contributed by atoms with E-state index in [1.165, 1.54) is 7.11 Å². The highest BCUT2D eigenvalue weighted by Crippen LogP contribution is 2.37. The van der Waals surface area contributed by atoms with E-state index < -0.39 is 0 Å². The highest BCUT2D eigenvalue weighted by atomic mass is 16.5. The maximum Gasteiger partial charge on any atom is 0.183 e. The zero-order valence-electron chi connectivity index (χ0n) is 8.16. The lowest BCUT2D eigenvalue weighted by atomic mass is 10.1. The van der Waals surface area contributed by atoms with Gasteiger partial charge in [0, 0.05) is 0 Å². The first-order valence-electron chi connectivity index (χ1n) is 4.20. The number of benzene rings is 1. The molecule has 0 amide bonds. The fraction of sp³-hybridized carbons (Fsp3) is 0.182. The van der Waals surface area contributed by atoms with Gasteiger partial charge >= 0.3 is 0 Å². The molecule has 0 bridgehead atoms. The average Bonchev–Trinajstić information content (AvgIpc) is 2.20. The average molecular weight is 191 g/mol. The fourth-order valence-electron chi connectivity index (χ4n) is 1.21. The van der Waals surface area contributed by atoms with Gasteiger partial charge in [-0.2, -0.15) is 0 Å². The van der Waals surface area contributed by atoms with Crippen LogP contribution in [0.4, 0.5) is 5.69 Å². The van der Waals surface area contributed by atoms with Gasteiger partial charge in [0.15, 0.2) is 11.5 Å². The van der Waals surface area contributed by atoms with Crippen molar-refractivity contribution in [2.75, 3.05) is 7.11 Å². The normalized spacial score (nSPS) is 9.50. The summed E-state index contributed by atoms with van der Waals surface area (Å²) in [6, 6.07) is 3.51. The van der Waals surface area contributed by atoms with Crippen LogP contribution in [-0.4, -0.2) is 18.9 Å². The van der Waals surface area contributed by atoms with Crippen molar-refractivity contribution < 1.29 is 9.84 Å². The Morgan fingerprint density at radius 2 is 2.29 bits per heavy atom. The second kappa shape index (κ2) is 4.46. The van der Waals surface area contributed by atoms with E-state index in [2.05, 4.69) is 18.3 Å². The Morgan fingerprint density at radius 3 is 2.79 bits per heavy atom. The summed E-state index contributed by atoms with van der Waals surface area (Å²) in [6.45, 7) is 7.02. The SMILES string of the molecule is C=CCc1cc(N=C)c(O)c(OC)c1. The maximum atomic E-state index is 9.60. The number of hydrogen-bond acceptors (Lipinski definition) is 3. The molecule has 1 aromatic carbocycles. The molecule has 0 aliphatic rings. The monoisotopic (exact) mass is 191 g/mol. The molecule has 1 N–H and O–H groups in total. The van der Waals surface area contributed by atoms with Crippen LogP contribution in [0.1, 0.15) is 5.56 Å². The zero-order valence-corrected chi connectivity index (χ0v) is 8.16. The van der Waals surface area contributed by atoms with Gasteiger partial charge < -0.3 is 9.84 Å². The Kier molecular flexibility index (Phi) is 3.29. The van der Waals surface area contributed by atoms with Crippen molar-refractivity contribution in [2.45, 2.75) is 6.42 Å². The summed E-state index contributed by atoms with van der Waals surface area (Å²) in [7, 11) is 1.50. The summed E-state index contributed by atoms with van der Waals surface area (Å²) in [5, 5.41) is 9.60. The Labute approximate surface area is 83.4 Å². The number of nitrogens with zero attached hydrogens (tertiary/aromatic N) is 1. The molecule has 0 saturated carbocycles. The molecular formula is C11H13NO2. The van der Waals surface area contributed by atoms with E-state index in [0.29, 0.717) is 17.9 Å². The van der Waals surface area contributed by atoms with Crippen molar-refractivity contribution >= 4 is 12.4 Å². The summed E-state index contributed by atoms with van der Waals surface area (Å²) in [5.74, 6) is 0.432. The third-order valence-corrected chi connectivity index (χ3v) is 1.88. The smallest absolute Gasteiger partial charge is 0.183 e. The molecular weight excluding hydrogens is 178 g/mol. The summed E-state index contributed by atoms with van der Waals surface area (Å²) >= 11 is 0. The third-order valence-electron chi connectivity index (χ3n) is 1.88. The van der Waals surface area contributed by atoms with E-state index in [4.69, 9.17) is 4.74 Å². The van der Waals surface area contributed by atoms with E-state index in [0.717, 1.165) is 5.56 Å². The highest BCUT2D eigenvalue weighted by Gasteiger charge is 2.08. The largest absolute Gasteiger partial charge is 0.503 e. The topological polar surface area (TPSA) is 41.8 Å². The Bertz CT molecular complexity index is 359. The maximum absolute atomic E-state index is 9.60. The molecule has 1 rings (SSSR count). The Morgan fingerprint density at radius 1 is 1.57 bits per heavy atom. The van der Waals surface area contributed by atoms with E-state index in [1.54, 1.807) is 18.2 Å². The zero-order chi connectivity index (χ0) is 10.6. The number of phenols is 1. The van der Waals surface area contributed by atoms with Crippen molar-refractivity contribution in [1.82, 2.24) is 0 Å². The van der Waals surface area contributed by atoms with Crippen molar-refractivity contribution in [3.05, 3.63) is 30.4 Å². The predicted octanol–water partition coefficient (Wildman–Crippen LogP) is 2.46. The number of ether oxygens (including phenoxy) is 1. The van der Waals surface area contributed by atoms with Gasteiger partial charge in [-0.05, 0) is 30.8 Å². The molecule has 0 spiro atoms. The first-order valence-corrected chi connectivity index (χ1v) is 4.20. The van der Waals surface area contributed by atoms with Crippen molar-refractivity contribution in [3.8, 4) is 11.5 Å². The molecule has 0 aliphatic heterocycles. The van der Waals surface area contributed by atoms with Crippen LogP contribution in [0.25, 0.3) is 0 Å². The van der Waals surface area contributed by atoms with E-state index in [9.17, 15) is 5.11 Å². The van der Waals surface area contributed by atoms with Gasteiger partial charge in [-0.1, -0.05) is 6.08 Å². The molecule has 3 nitrogen and oxygen atoms in total. The summed E-state index contributed by atoms with van der Waals surface area (Å²) in [4.78, 5) is 3.71. The lowest BCUT2D eigenvalue weighted by Crippen LogP contribution is -1.87. The van der Waals surface area contributed by atoms with Crippen LogP contribution in [0.2, 0.25) is 0 Å². The fourth-order valence-corrected chi connectivity index (χ4v) is 1.21. The summed E-state index contributed by atoms with van der Waals surface area (Å²) in [5.41, 5.74) is 1.42. The molecule has 74 valence electrons. The molecule has 0 unspecified atom stereocenters. The molecule has 3 heteroatoms. The molecule has 0 atom stereocenters. The number of hydrogen-bond donors (Lipinski definition) is 1. The number of aromatic hydroxyl groups is 1. The second-order valence-corrected chi connectivity index (χ2v) is 2.82. The standard InChI is InChI=1S/C11H13NO2/c1-4-5-8-6-9(12-2)11(13)10(7-8)14-3/h4,6-7,13H,1-2,5H2,3H3. The number of allylic oxidation sites excluding steroid dienone is 1. The quantitative estimate of drug-likeness (QED) is 0.586. The van der Waals surface area contributed by atoms with Crippen LogP contribution in [0.15, 0.2) is 29.8 Å². The number of rotatable bonds is 4. The van der Waals surface area contributed by atoms with Gasteiger partial charge in [0.2, 0.25) is 0 Å². The minimum Gasteiger partial charge on any atom is -0.503 e. The van der Waals surface area contributed by atoms with Gasteiger partial charge in [0.1, 0.15) is 5.69 Å². The number of phenolic OH excluding ortho intramolecular Hbond substituents is 1. The molecule has 0 radical (unpaired) electrons. The number of methoxy groups -OCH3 is 1. The van der Waals surface area contributed by atoms with Crippen LogP contribution in [0.5, 0.6) is 11.5 Å². The van der Waals surface area contributed by atoms with Gasteiger partial charge in [0.05, 0.1) is 7.11 Å². The Hall–Kier alpha value is -1.77. The molecule has 1 aromatic rings. The molecule has 14 heavy (non-hydrogen) atoms. The molecule has 0 fully saturated rings. The molecule has 0 saturated heterocycles. The van der Waals surface area contributed by atoms with Gasteiger partial charge in [-0.15, -0.1) is 6.58 Å². The van der Waals surface area contributed by atoms with Gasteiger partial charge in [-0.3, -0.25) is 4.99 Å². The molecule has 0 heterocycles. The first-order chi connectivity index (χ1) is 6.72. The second-order valence-electron chi connectivity index (χ2n) is 2.82. The van der Waals surface area contributed by atoms with Crippen LogP contribution in [0.3, 0.4) is 0 Å². The van der Waals surface area contributed by atoms with Gasteiger partial charge in [-0.25, -0.2) is 0 Å². The van der Waals surface area contributed by atoms with Crippen LogP contribution in [-0.2, 0) is 6.42 Å². The highest BCUT2D eigenvalue weighted by molar-refractivity contribution is 5.63. The van der Waals surface area contributed by atoms with Crippen molar-refractivity contribution in [3.63, 3.8) is 0 Å². The van der Waals surface area contributed by atoms with Gasteiger partial charge in [0.25, 0.3) is 0 Å². The molecule has 0 aliphatic carbocycles. The van der Waals surface area contributed by atoms with Crippen LogP contribution in [0, 0.1) is 0 Å². The molecule has 0 aromatic heterocycles.